The molecule has 0 saturated heterocycles. The molecule has 0 amide bonds. The van der Waals surface area contributed by atoms with Crippen LogP contribution < -0.4 is 21.6 Å². The zero-order valence-corrected chi connectivity index (χ0v) is 22.2. The number of hydrogen-bond acceptors (Lipinski definition) is 9. The Labute approximate surface area is 224 Å². The number of alkyl halides is 2. The maximum atomic E-state index is 13.7. The molecule has 1 aromatic carbocycles. The first kappa shape index (κ1) is 26.0. The van der Waals surface area contributed by atoms with Crippen molar-refractivity contribution in [3.63, 3.8) is 0 Å². The molecule has 1 aliphatic carbocycles. The molecule has 1 fully saturated rings. The summed E-state index contributed by atoms with van der Waals surface area (Å²) in [4.78, 5) is 8.63. The molecule has 0 radical (unpaired) electrons. The van der Waals surface area contributed by atoms with Gasteiger partial charge in [-0.25, -0.2) is 13.8 Å². The van der Waals surface area contributed by atoms with Gasteiger partial charge in [0.15, 0.2) is 12.2 Å². The Morgan fingerprint density at radius 2 is 2.05 bits per heavy atom. The van der Waals surface area contributed by atoms with E-state index < -0.39 is 18.0 Å². The highest BCUT2D eigenvalue weighted by molar-refractivity contribution is 6.35. The summed E-state index contributed by atoms with van der Waals surface area (Å²) in [7, 11) is 0. The van der Waals surface area contributed by atoms with Gasteiger partial charge in [0.05, 0.1) is 33.2 Å². The number of nitrogens with one attached hydrogen (secondary N) is 4. The van der Waals surface area contributed by atoms with E-state index in [1.807, 2.05) is 6.07 Å². The van der Waals surface area contributed by atoms with Crippen molar-refractivity contribution in [1.82, 2.24) is 25.9 Å². The van der Waals surface area contributed by atoms with Crippen LogP contribution in [0.15, 0.2) is 41.0 Å². The summed E-state index contributed by atoms with van der Waals surface area (Å²) < 4.78 is 33.2. The van der Waals surface area contributed by atoms with Gasteiger partial charge >= 0.3 is 0 Å². The number of pyridine rings is 1. The van der Waals surface area contributed by atoms with Crippen LogP contribution in [0.4, 0.5) is 20.2 Å². The van der Waals surface area contributed by atoms with E-state index in [2.05, 4.69) is 58.4 Å². The van der Waals surface area contributed by atoms with Crippen LogP contribution >= 0.6 is 11.6 Å². The number of aromatic nitrogens is 2. The van der Waals surface area contributed by atoms with Crippen LogP contribution in [0, 0.1) is 23.7 Å². The maximum absolute atomic E-state index is 13.7. The SMILES string of the molecule is Cc1ncoc1[C@H](Nc1cc(Cl)c2ncc(C#N)c(NCC(C)(C)C)c2c1)C1=CN(C2(C(F)F)CC2)NN1. The van der Waals surface area contributed by atoms with Gasteiger partial charge < -0.3 is 20.5 Å². The van der Waals surface area contributed by atoms with Gasteiger partial charge in [0.2, 0.25) is 0 Å². The van der Waals surface area contributed by atoms with E-state index in [4.69, 9.17) is 16.0 Å². The molecule has 0 spiro atoms. The fourth-order valence-electron chi connectivity index (χ4n) is 4.42. The van der Waals surface area contributed by atoms with Crippen molar-refractivity contribution >= 4 is 33.9 Å². The number of benzene rings is 1. The van der Waals surface area contributed by atoms with Crippen LogP contribution in [0.1, 0.15) is 56.7 Å². The van der Waals surface area contributed by atoms with Crippen molar-refractivity contribution < 1.29 is 13.2 Å². The summed E-state index contributed by atoms with van der Waals surface area (Å²) in [6.07, 6.45) is 2.77. The molecule has 9 nitrogen and oxygen atoms in total. The number of oxazole rings is 1. The van der Waals surface area contributed by atoms with Gasteiger partial charge in [-0.1, -0.05) is 32.4 Å². The van der Waals surface area contributed by atoms with Gasteiger partial charge in [-0.3, -0.25) is 9.99 Å². The Kier molecular flexibility index (Phi) is 6.57. The Morgan fingerprint density at radius 3 is 2.66 bits per heavy atom. The molecule has 4 N–H and O–H groups in total. The molecular formula is C26H29ClF2N8O. The van der Waals surface area contributed by atoms with Crippen molar-refractivity contribution in [3.8, 4) is 6.07 Å². The molecular weight excluding hydrogens is 514 g/mol. The molecule has 2 aliphatic rings. The molecule has 200 valence electrons. The molecule has 38 heavy (non-hydrogen) atoms. The molecule has 3 heterocycles. The third-order valence-electron chi connectivity index (χ3n) is 6.74. The van der Waals surface area contributed by atoms with Crippen molar-refractivity contribution in [2.24, 2.45) is 5.41 Å². The van der Waals surface area contributed by atoms with Gasteiger partial charge in [0.25, 0.3) is 6.43 Å². The van der Waals surface area contributed by atoms with Crippen LogP contribution in [-0.2, 0) is 0 Å². The number of hydrogen-bond donors (Lipinski definition) is 4. The number of anilines is 2. The van der Waals surface area contributed by atoms with E-state index in [0.29, 0.717) is 69.4 Å². The van der Waals surface area contributed by atoms with Crippen molar-refractivity contribution in [3.05, 3.63) is 58.7 Å². The molecule has 12 heteroatoms. The number of rotatable bonds is 8. The number of nitriles is 1. The number of hydrazine groups is 2. The highest BCUT2D eigenvalue weighted by Gasteiger charge is 2.56. The zero-order valence-electron chi connectivity index (χ0n) is 21.5. The lowest BCUT2D eigenvalue weighted by Crippen LogP contribution is -2.48. The first-order valence-electron chi connectivity index (χ1n) is 12.3. The quantitative estimate of drug-likeness (QED) is 0.287. The van der Waals surface area contributed by atoms with Gasteiger partial charge in [-0.05, 0) is 37.3 Å². The Morgan fingerprint density at radius 1 is 1.29 bits per heavy atom. The topological polar surface area (TPSA) is 114 Å². The lowest BCUT2D eigenvalue weighted by molar-refractivity contribution is 0.00911. The summed E-state index contributed by atoms with van der Waals surface area (Å²) in [5, 5.41) is 19.1. The van der Waals surface area contributed by atoms with Crippen LogP contribution in [0.5, 0.6) is 0 Å². The second kappa shape index (κ2) is 9.60. The van der Waals surface area contributed by atoms with Crippen LogP contribution in [0.3, 0.4) is 0 Å². The summed E-state index contributed by atoms with van der Waals surface area (Å²) >= 11 is 6.66. The Balaban J connectivity index is 1.55. The third-order valence-corrected chi connectivity index (χ3v) is 7.03. The molecule has 1 saturated carbocycles. The number of aryl methyl sites for hydroxylation is 1. The van der Waals surface area contributed by atoms with E-state index in [9.17, 15) is 14.0 Å². The molecule has 5 rings (SSSR count). The minimum absolute atomic E-state index is 0.0342. The third kappa shape index (κ3) is 4.81. The second-order valence-corrected chi connectivity index (χ2v) is 11.3. The van der Waals surface area contributed by atoms with Crippen LogP contribution in [0.2, 0.25) is 5.02 Å². The standard InChI is InChI=1S/C26H29ClF2N8O/c1-14-23(38-13-33-14)22(19-11-37(36-35-19)26(5-6-26)24(28)29)34-16-7-17-20(32-12-25(2,3)4)15(9-30)10-31-21(17)18(27)8-16/h7-8,10-11,13,22,24,34-36H,5-6,12H2,1-4H3,(H,31,32)/t22-/m1/s1. The molecule has 2 aromatic heterocycles. The van der Waals surface area contributed by atoms with Crippen molar-refractivity contribution in [2.45, 2.75) is 58.5 Å². The van der Waals surface area contributed by atoms with E-state index >= 15 is 0 Å². The van der Waals surface area contributed by atoms with E-state index in [1.165, 1.54) is 17.6 Å². The first-order valence-corrected chi connectivity index (χ1v) is 12.6. The predicted molar refractivity (Wildman–Crippen MR) is 141 cm³/mol. The first-order chi connectivity index (χ1) is 18.0. The molecule has 1 atom stereocenters. The van der Waals surface area contributed by atoms with Gasteiger partial charge in [0, 0.05) is 30.0 Å². The normalized spacial score (nSPS) is 17.2. The molecule has 0 bridgehead atoms. The molecule has 3 aromatic rings. The minimum Gasteiger partial charge on any atom is -0.446 e. The number of nitrogens with zero attached hydrogens (tertiary/aromatic N) is 4. The van der Waals surface area contributed by atoms with Crippen LogP contribution in [-0.4, -0.2) is 33.5 Å². The fraction of sp³-hybridized carbons (Fsp3) is 0.423. The van der Waals surface area contributed by atoms with E-state index in [0.717, 1.165) is 0 Å². The average Bonchev–Trinajstić information content (AvgIpc) is 3.33. The lowest BCUT2D eigenvalue weighted by Gasteiger charge is -2.25. The lowest BCUT2D eigenvalue weighted by atomic mass is 9.96. The monoisotopic (exact) mass is 542 g/mol. The highest BCUT2D eigenvalue weighted by Crippen LogP contribution is 2.47. The van der Waals surface area contributed by atoms with Crippen molar-refractivity contribution in [1.29, 1.82) is 5.26 Å². The van der Waals surface area contributed by atoms with Crippen LogP contribution in [0.25, 0.3) is 10.9 Å². The van der Waals surface area contributed by atoms with E-state index in [1.54, 1.807) is 19.2 Å². The number of fused-ring (bicyclic) bond motifs is 1. The van der Waals surface area contributed by atoms with Gasteiger partial charge in [-0.15, -0.1) is 5.53 Å². The predicted octanol–water partition coefficient (Wildman–Crippen LogP) is 5.63. The molecule has 1 aliphatic heterocycles. The smallest absolute Gasteiger partial charge is 0.262 e. The zero-order chi connectivity index (χ0) is 27.2. The summed E-state index contributed by atoms with van der Waals surface area (Å²) in [5.41, 5.74) is 8.05. The second-order valence-electron chi connectivity index (χ2n) is 10.9. The highest BCUT2D eigenvalue weighted by atomic mass is 35.5. The van der Waals surface area contributed by atoms with Gasteiger partial charge in [0.1, 0.15) is 17.6 Å². The largest absolute Gasteiger partial charge is 0.446 e. The minimum atomic E-state index is -2.49. The summed E-state index contributed by atoms with van der Waals surface area (Å²) in [6.45, 7) is 8.72. The number of halogens is 3. The van der Waals surface area contributed by atoms with Crippen molar-refractivity contribution in [2.75, 3.05) is 17.2 Å². The average molecular weight is 543 g/mol. The molecule has 0 unspecified atom stereocenters. The maximum Gasteiger partial charge on any atom is 0.262 e. The summed E-state index contributed by atoms with van der Waals surface area (Å²) in [5.74, 6) is 0.514. The van der Waals surface area contributed by atoms with Gasteiger partial charge in [-0.2, -0.15) is 5.26 Å². The Hall–Kier alpha value is -3.62. The van der Waals surface area contributed by atoms with E-state index in [-0.39, 0.29) is 5.41 Å². The summed E-state index contributed by atoms with van der Waals surface area (Å²) in [6, 6.07) is 5.20. The fourth-order valence-corrected chi connectivity index (χ4v) is 4.69. The Bertz CT molecular complexity index is 1440.